The number of nitrogens with zero attached hydrogens (tertiary/aromatic N) is 6. The van der Waals surface area contributed by atoms with E-state index in [1.165, 1.54) is 73.8 Å². The molecule has 0 unspecified atom stereocenters. The van der Waals surface area contributed by atoms with Crippen LogP contribution in [0.25, 0.3) is 10.9 Å². The van der Waals surface area contributed by atoms with Gasteiger partial charge in [-0.1, -0.05) is 12.5 Å². The Morgan fingerprint density at radius 1 is 0.914 bits per heavy atom. The van der Waals surface area contributed by atoms with Crippen LogP contribution in [-0.4, -0.2) is 70.9 Å². The summed E-state index contributed by atoms with van der Waals surface area (Å²) in [5.74, 6) is 1.11. The summed E-state index contributed by atoms with van der Waals surface area (Å²) in [6.45, 7) is 10.0. The molecule has 2 aromatic heterocycles. The molecule has 3 aliphatic heterocycles. The Morgan fingerprint density at radius 2 is 1.71 bits per heavy atom. The molecule has 35 heavy (non-hydrogen) atoms. The van der Waals surface area contributed by atoms with Crippen molar-refractivity contribution in [3.8, 4) is 6.01 Å². The van der Waals surface area contributed by atoms with Gasteiger partial charge in [-0.15, -0.1) is 0 Å². The number of anilines is 2. The molecular formula is C27H37N7O. The molecular weight excluding hydrogens is 438 g/mol. The van der Waals surface area contributed by atoms with Crippen LogP contribution in [0.15, 0.2) is 18.3 Å². The smallest absolute Gasteiger partial charge is 0.318 e. The third-order valence-corrected chi connectivity index (χ3v) is 7.88. The first-order chi connectivity index (χ1) is 17.3. The number of benzene rings is 1. The standard InChI is InChI=1S/C27H37N7O/c1-20-8-9-23-22(18-28-31-23)25(20)34-15-10-21-24(19-34)29-27(30-26(21)33-13-6-3-7-14-33)35-17-16-32-11-4-2-5-12-32/h8-9,18H,2-7,10-17,19H2,1H3,(H,28,31). The van der Waals surface area contributed by atoms with Crippen molar-refractivity contribution in [2.24, 2.45) is 0 Å². The summed E-state index contributed by atoms with van der Waals surface area (Å²) in [4.78, 5) is 17.4. The molecule has 2 fully saturated rings. The first kappa shape index (κ1) is 22.6. The van der Waals surface area contributed by atoms with Crippen LogP contribution in [-0.2, 0) is 13.0 Å². The molecule has 0 spiro atoms. The van der Waals surface area contributed by atoms with Crippen LogP contribution < -0.4 is 14.5 Å². The van der Waals surface area contributed by atoms with E-state index in [4.69, 9.17) is 14.7 Å². The number of fused-ring (bicyclic) bond motifs is 2. The zero-order valence-electron chi connectivity index (χ0n) is 20.9. The average molecular weight is 476 g/mol. The lowest BCUT2D eigenvalue weighted by Crippen LogP contribution is -2.36. The molecule has 1 aromatic carbocycles. The van der Waals surface area contributed by atoms with Gasteiger partial charge in [-0.3, -0.25) is 10.00 Å². The van der Waals surface area contributed by atoms with E-state index in [1.807, 2.05) is 6.20 Å². The van der Waals surface area contributed by atoms with Crippen LogP contribution in [0.5, 0.6) is 6.01 Å². The average Bonchev–Trinajstić information content (AvgIpc) is 3.38. The number of aromatic amines is 1. The molecule has 8 nitrogen and oxygen atoms in total. The lowest BCUT2D eigenvalue weighted by molar-refractivity contribution is 0.177. The molecule has 8 heteroatoms. The van der Waals surface area contributed by atoms with Crippen LogP contribution in [0, 0.1) is 6.92 Å². The second-order valence-corrected chi connectivity index (χ2v) is 10.3. The molecule has 0 aliphatic carbocycles. The SMILES string of the molecule is Cc1ccc2[nH]ncc2c1N1CCc2c(nc(OCCN3CCCCC3)nc2N2CCCCC2)C1. The molecule has 6 rings (SSSR count). The number of H-pyrrole nitrogens is 1. The minimum atomic E-state index is 0.543. The van der Waals surface area contributed by atoms with Crippen molar-refractivity contribution < 1.29 is 4.74 Å². The van der Waals surface area contributed by atoms with Crippen molar-refractivity contribution in [2.45, 2.75) is 58.4 Å². The Kier molecular flexibility index (Phi) is 6.46. The number of nitrogens with one attached hydrogen (secondary N) is 1. The fourth-order valence-electron chi connectivity index (χ4n) is 5.99. The second-order valence-electron chi connectivity index (χ2n) is 10.3. The van der Waals surface area contributed by atoms with Gasteiger partial charge >= 0.3 is 6.01 Å². The number of aromatic nitrogens is 4. The third kappa shape index (κ3) is 4.68. The van der Waals surface area contributed by atoms with Gasteiger partial charge in [0.05, 0.1) is 29.6 Å². The second kappa shape index (κ2) is 10.0. The minimum Gasteiger partial charge on any atom is -0.462 e. The van der Waals surface area contributed by atoms with Crippen molar-refractivity contribution >= 4 is 22.4 Å². The lowest BCUT2D eigenvalue weighted by atomic mass is 10.0. The van der Waals surface area contributed by atoms with E-state index in [2.05, 4.69) is 44.0 Å². The van der Waals surface area contributed by atoms with Crippen LogP contribution >= 0.6 is 0 Å². The number of ether oxygens (including phenoxy) is 1. The summed E-state index contributed by atoms with van der Waals surface area (Å²) in [5, 5.41) is 8.60. The number of rotatable bonds is 6. The topological polar surface area (TPSA) is 73.4 Å². The van der Waals surface area contributed by atoms with Gasteiger partial charge in [0.1, 0.15) is 12.4 Å². The first-order valence-corrected chi connectivity index (χ1v) is 13.4. The number of piperidine rings is 2. The maximum Gasteiger partial charge on any atom is 0.318 e. The highest BCUT2D eigenvalue weighted by Gasteiger charge is 2.28. The maximum atomic E-state index is 6.20. The van der Waals surface area contributed by atoms with Crippen LogP contribution in [0.4, 0.5) is 11.5 Å². The van der Waals surface area contributed by atoms with E-state index >= 15 is 0 Å². The molecule has 2 saturated heterocycles. The number of likely N-dealkylation sites (tertiary alicyclic amines) is 1. The molecule has 0 atom stereocenters. The van der Waals surface area contributed by atoms with E-state index in [-0.39, 0.29) is 0 Å². The number of aryl methyl sites for hydroxylation is 1. The molecule has 1 N–H and O–H groups in total. The highest BCUT2D eigenvalue weighted by atomic mass is 16.5. The van der Waals surface area contributed by atoms with E-state index in [1.54, 1.807) is 0 Å². The molecule has 186 valence electrons. The van der Waals surface area contributed by atoms with Gasteiger partial charge < -0.3 is 14.5 Å². The normalized spacial score (nSPS) is 19.2. The molecule has 3 aromatic rings. The highest BCUT2D eigenvalue weighted by molar-refractivity contribution is 5.93. The van der Waals surface area contributed by atoms with Gasteiger partial charge in [-0.05, 0) is 70.2 Å². The Hall–Kier alpha value is -2.87. The van der Waals surface area contributed by atoms with Crippen LogP contribution in [0.3, 0.4) is 0 Å². The number of hydrogen-bond donors (Lipinski definition) is 1. The fourth-order valence-corrected chi connectivity index (χ4v) is 5.99. The molecule has 5 heterocycles. The summed E-state index contributed by atoms with van der Waals surface area (Å²) in [7, 11) is 0. The van der Waals surface area contributed by atoms with Crippen LogP contribution in [0.2, 0.25) is 0 Å². The van der Waals surface area contributed by atoms with E-state index < -0.39 is 0 Å². The quantitative estimate of drug-likeness (QED) is 0.576. The monoisotopic (exact) mass is 475 g/mol. The minimum absolute atomic E-state index is 0.543. The van der Waals surface area contributed by atoms with Crippen molar-refractivity contribution in [2.75, 3.05) is 55.7 Å². The van der Waals surface area contributed by atoms with Gasteiger partial charge in [0.15, 0.2) is 0 Å². The Bertz CT molecular complexity index is 1160. The largest absolute Gasteiger partial charge is 0.462 e. The third-order valence-electron chi connectivity index (χ3n) is 7.88. The van der Waals surface area contributed by atoms with E-state index in [0.29, 0.717) is 12.6 Å². The summed E-state index contributed by atoms with van der Waals surface area (Å²) in [5.41, 5.74) is 6.02. The molecule has 3 aliphatic rings. The summed E-state index contributed by atoms with van der Waals surface area (Å²) < 4.78 is 6.20. The lowest BCUT2D eigenvalue weighted by Gasteiger charge is -2.35. The Balaban J connectivity index is 1.28. The Labute approximate surface area is 207 Å². The highest BCUT2D eigenvalue weighted by Crippen LogP contribution is 2.36. The predicted molar refractivity (Wildman–Crippen MR) is 139 cm³/mol. The fraction of sp³-hybridized carbons (Fsp3) is 0.593. The van der Waals surface area contributed by atoms with Crippen molar-refractivity contribution in [3.63, 3.8) is 0 Å². The predicted octanol–water partition coefficient (Wildman–Crippen LogP) is 4.08. The van der Waals surface area contributed by atoms with Crippen LogP contribution in [0.1, 0.15) is 55.3 Å². The summed E-state index contributed by atoms with van der Waals surface area (Å²) >= 11 is 0. The van der Waals surface area contributed by atoms with E-state index in [0.717, 1.165) is 56.2 Å². The zero-order chi connectivity index (χ0) is 23.6. The molecule has 0 saturated carbocycles. The summed E-state index contributed by atoms with van der Waals surface area (Å²) in [6.07, 6.45) is 10.6. The van der Waals surface area contributed by atoms with Gasteiger partial charge in [-0.2, -0.15) is 15.1 Å². The maximum absolute atomic E-state index is 6.20. The zero-order valence-corrected chi connectivity index (χ0v) is 20.9. The van der Waals surface area contributed by atoms with Gasteiger partial charge in [-0.25, -0.2) is 0 Å². The van der Waals surface area contributed by atoms with Gasteiger partial charge in [0.25, 0.3) is 0 Å². The van der Waals surface area contributed by atoms with Gasteiger partial charge in [0, 0.05) is 37.1 Å². The Morgan fingerprint density at radius 3 is 2.54 bits per heavy atom. The van der Waals surface area contributed by atoms with E-state index in [9.17, 15) is 0 Å². The first-order valence-electron chi connectivity index (χ1n) is 13.4. The van der Waals surface area contributed by atoms with Crippen molar-refractivity contribution in [1.29, 1.82) is 0 Å². The molecule has 0 amide bonds. The van der Waals surface area contributed by atoms with Crippen molar-refractivity contribution in [3.05, 3.63) is 35.2 Å². The molecule has 0 bridgehead atoms. The van der Waals surface area contributed by atoms with Gasteiger partial charge in [0.2, 0.25) is 0 Å². The molecule has 0 radical (unpaired) electrons. The van der Waals surface area contributed by atoms with Crippen molar-refractivity contribution in [1.82, 2.24) is 25.1 Å². The summed E-state index contributed by atoms with van der Waals surface area (Å²) in [6, 6.07) is 4.84. The number of hydrogen-bond acceptors (Lipinski definition) is 7.